The molecule has 2 aromatic rings. The third-order valence-corrected chi connectivity index (χ3v) is 7.89. The largest absolute Gasteiger partial charge is 0.862 e. The molecule has 0 N–H and O–H groups in total. The van der Waals surface area contributed by atoms with Crippen molar-refractivity contribution >= 4 is 46.3 Å². The van der Waals surface area contributed by atoms with Crippen LogP contribution in [0.3, 0.4) is 0 Å². The third kappa shape index (κ3) is 8.02. The molecule has 0 amide bonds. The Bertz CT molecular complexity index is 1660. The van der Waals surface area contributed by atoms with Gasteiger partial charge in [-0.2, -0.15) is 0 Å². The molecule has 0 aromatic heterocycles. The lowest BCUT2D eigenvalue weighted by Gasteiger charge is -2.30. The summed E-state index contributed by atoms with van der Waals surface area (Å²) in [5.41, 5.74) is 7.06. The number of hydrogen-bond acceptors (Lipinski definition) is 8. The van der Waals surface area contributed by atoms with E-state index in [1.165, 1.54) is 0 Å². The maximum Gasteiger partial charge on any atom is 0.203 e. The second-order valence-corrected chi connectivity index (χ2v) is 11.5. The number of rotatable bonds is 13. The maximum absolute atomic E-state index is 12.3. The van der Waals surface area contributed by atoms with E-state index in [2.05, 4.69) is 93.8 Å². The Morgan fingerprint density at radius 2 is 1.69 bits per heavy atom. The van der Waals surface area contributed by atoms with Gasteiger partial charge in [0.05, 0.1) is 37.7 Å². The number of methoxy groups -OCH3 is 2. The zero-order valence-corrected chi connectivity index (χ0v) is 29.0. The summed E-state index contributed by atoms with van der Waals surface area (Å²) in [6.45, 7) is 4.50. The SMILES string of the molecule is CCN(CCCC([O-])=NCCOC)c1cc(OC)c(-c2c3ccc(=[N+](C)C)cc-3oc3cc(N(C)C)ccc23)cc1N(C)C.Cl. The van der Waals surface area contributed by atoms with Crippen molar-refractivity contribution in [1.29, 1.82) is 0 Å². The molecule has 9 nitrogen and oxygen atoms in total. The predicted octanol–water partition coefficient (Wildman–Crippen LogP) is 4.81. The Balaban J connectivity index is 0.00000552. The summed E-state index contributed by atoms with van der Waals surface area (Å²) >= 11 is 0. The molecule has 0 saturated heterocycles. The highest BCUT2D eigenvalue weighted by Gasteiger charge is 2.24. The average molecular weight is 638 g/mol. The molecule has 10 heteroatoms. The lowest BCUT2D eigenvalue weighted by Crippen LogP contribution is -2.28. The number of aliphatic imine (C=N–C) groups is 1. The molecule has 2 aromatic carbocycles. The van der Waals surface area contributed by atoms with E-state index >= 15 is 0 Å². The predicted molar refractivity (Wildman–Crippen MR) is 189 cm³/mol. The summed E-state index contributed by atoms with van der Waals surface area (Å²) in [7, 11) is 15.6. The first-order chi connectivity index (χ1) is 21.1. The first kappa shape index (κ1) is 35.5. The van der Waals surface area contributed by atoms with Crippen LogP contribution in [-0.2, 0) is 4.74 Å². The van der Waals surface area contributed by atoms with Gasteiger partial charge in [-0.25, -0.2) is 4.58 Å². The minimum atomic E-state index is -0.0815. The van der Waals surface area contributed by atoms with Crippen molar-refractivity contribution in [2.75, 3.05) is 97.4 Å². The van der Waals surface area contributed by atoms with Gasteiger partial charge in [0.25, 0.3) is 0 Å². The van der Waals surface area contributed by atoms with Crippen LogP contribution in [0, 0.1) is 0 Å². The van der Waals surface area contributed by atoms with Crippen LogP contribution < -0.4 is 34.5 Å². The zero-order chi connectivity index (χ0) is 32.0. The van der Waals surface area contributed by atoms with Gasteiger partial charge < -0.3 is 38.7 Å². The van der Waals surface area contributed by atoms with Gasteiger partial charge in [0.15, 0.2) is 0 Å². The molecule has 0 unspecified atom stereocenters. The molecule has 1 aliphatic carbocycles. The molecule has 244 valence electrons. The van der Waals surface area contributed by atoms with E-state index in [4.69, 9.17) is 13.9 Å². The van der Waals surface area contributed by atoms with Crippen molar-refractivity contribution < 1.29 is 19.0 Å². The average Bonchev–Trinajstić information content (AvgIpc) is 3.00. The van der Waals surface area contributed by atoms with Crippen LogP contribution in [0.15, 0.2) is 57.9 Å². The monoisotopic (exact) mass is 637 g/mol. The van der Waals surface area contributed by atoms with Gasteiger partial charge in [0, 0.05) is 94.4 Å². The summed E-state index contributed by atoms with van der Waals surface area (Å²) in [6.07, 6.45) is 1.11. The first-order valence-corrected chi connectivity index (χ1v) is 15.1. The van der Waals surface area contributed by atoms with Crippen molar-refractivity contribution in [3.63, 3.8) is 0 Å². The highest BCUT2D eigenvalue weighted by Crippen LogP contribution is 2.47. The number of anilines is 3. The van der Waals surface area contributed by atoms with Crippen LogP contribution >= 0.6 is 12.4 Å². The van der Waals surface area contributed by atoms with Gasteiger partial charge in [-0.05, 0) is 49.9 Å². The van der Waals surface area contributed by atoms with Crippen molar-refractivity contribution in [2.45, 2.75) is 19.8 Å². The molecule has 0 spiro atoms. The van der Waals surface area contributed by atoms with E-state index in [0.29, 0.717) is 26.0 Å². The van der Waals surface area contributed by atoms with Crippen LogP contribution in [0.2, 0.25) is 0 Å². The van der Waals surface area contributed by atoms with E-state index in [1.807, 2.05) is 28.2 Å². The first-order valence-electron chi connectivity index (χ1n) is 15.1. The summed E-state index contributed by atoms with van der Waals surface area (Å²) < 4.78 is 19.8. The second-order valence-electron chi connectivity index (χ2n) is 11.5. The summed E-state index contributed by atoms with van der Waals surface area (Å²) in [5.74, 6) is 1.50. The number of benzene rings is 3. The molecule has 0 atom stereocenters. The fourth-order valence-corrected chi connectivity index (χ4v) is 5.46. The number of halogens is 1. The van der Waals surface area contributed by atoms with E-state index in [1.54, 1.807) is 14.2 Å². The molecule has 4 rings (SSSR count). The Morgan fingerprint density at radius 1 is 0.933 bits per heavy atom. The van der Waals surface area contributed by atoms with Gasteiger partial charge in [-0.1, -0.05) is 0 Å². The minimum Gasteiger partial charge on any atom is -0.862 e. The molecule has 0 bridgehead atoms. The van der Waals surface area contributed by atoms with Gasteiger partial charge in [0.1, 0.15) is 31.2 Å². The quantitative estimate of drug-likeness (QED) is 0.0684. The normalized spacial score (nSPS) is 11.4. The van der Waals surface area contributed by atoms with Gasteiger partial charge in [-0.3, -0.25) is 0 Å². The molecule has 0 radical (unpaired) electrons. The maximum atomic E-state index is 12.3. The van der Waals surface area contributed by atoms with Crippen LogP contribution in [0.5, 0.6) is 5.75 Å². The van der Waals surface area contributed by atoms with Crippen LogP contribution in [0.4, 0.5) is 17.1 Å². The molecule has 0 saturated carbocycles. The lowest BCUT2D eigenvalue weighted by molar-refractivity contribution is -0.219. The van der Waals surface area contributed by atoms with Crippen LogP contribution in [0.25, 0.3) is 33.4 Å². The summed E-state index contributed by atoms with van der Waals surface area (Å²) in [5, 5.41) is 14.3. The Hall–Kier alpha value is -3.95. The van der Waals surface area contributed by atoms with Crippen molar-refractivity contribution in [1.82, 2.24) is 4.58 Å². The van der Waals surface area contributed by atoms with Gasteiger partial charge >= 0.3 is 0 Å². The highest BCUT2D eigenvalue weighted by atomic mass is 35.5. The molecule has 1 aliphatic heterocycles. The van der Waals surface area contributed by atoms with Crippen molar-refractivity contribution in [3.8, 4) is 28.2 Å². The molecule has 0 fully saturated rings. The topological polar surface area (TPSA) is 79.8 Å². The zero-order valence-electron chi connectivity index (χ0n) is 28.1. The fourth-order valence-electron chi connectivity index (χ4n) is 5.46. The Kier molecular flexibility index (Phi) is 12.5. The molecule has 2 aliphatic rings. The minimum absolute atomic E-state index is 0. The van der Waals surface area contributed by atoms with Crippen LogP contribution in [-0.4, -0.2) is 88.6 Å². The van der Waals surface area contributed by atoms with Crippen molar-refractivity contribution in [2.24, 2.45) is 4.99 Å². The number of fused-ring (bicyclic) bond motifs is 2. The highest BCUT2D eigenvalue weighted by molar-refractivity contribution is 6.05. The summed E-state index contributed by atoms with van der Waals surface area (Å²) in [6, 6.07) is 17.1. The fraction of sp³-hybridized carbons (Fsp3) is 0.429. The molecule has 1 heterocycles. The van der Waals surface area contributed by atoms with E-state index in [-0.39, 0.29) is 18.3 Å². The molecule has 45 heavy (non-hydrogen) atoms. The van der Waals surface area contributed by atoms with E-state index in [9.17, 15) is 5.11 Å². The summed E-state index contributed by atoms with van der Waals surface area (Å²) in [4.78, 5) is 10.6. The van der Waals surface area contributed by atoms with Crippen molar-refractivity contribution in [3.05, 3.63) is 53.9 Å². The van der Waals surface area contributed by atoms with Gasteiger partial charge in [-0.15, -0.1) is 12.4 Å². The molecular weight excluding hydrogens is 590 g/mol. The number of hydrogen-bond donors (Lipinski definition) is 0. The second kappa shape index (κ2) is 15.9. The Morgan fingerprint density at radius 3 is 2.31 bits per heavy atom. The number of ether oxygens (including phenoxy) is 2. The van der Waals surface area contributed by atoms with E-state index in [0.717, 1.165) is 74.7 Å². The van der Waals surface area contributed by atoms with E-state index < -0.39 is 0 Å². The van der Waals surface area contributed by atoms with Gasteiger partial charge in [0.2, 0.25) is 5.36 Å². The van der Waals surface area contributed by atoms with Crippen LogP contribution in [0.1, 0.15) is 19.8 Å². The third-order valence-electron chi connectivity index (χ3n) is 7.89. The Labute approximate surface area is 273 Å². The smallest absolute Gasteiger partial charge is 0.203 e. The standard InChI is InChI=1S/C35H47N5O4.ClH/c1-10-40(18-11-12-34(41)36-17-19-42-8)30-23-31(43-9)28(22-29(30)39(6)7)35-26-15-13-24(37(2)3)20-32(26)44-33-21-25(38(4)5)14-16-27(33)35;/h13-16,20-23H,10-12,17-19H2,1-9H3;1H. The molecular formula is C35H48ClN5O4. The number of nitrogens with zero attached hydrogens (tertiary/aromatic N) is 5. The lowest BCUT2D eigenvalue weighted by atomic mass is 9.92.